The van der Waals surface area contributed by atoms with Gasteiger partial charge in [0.1, 0.15) is 11.6 Å². The highest BCUT2D eigenvalue weighted by Crippen LogP contribution is 2.25. The van der Waals surface area contributed by atoms with Crippen molar-refractivity contribution in [3.8, 4) is 16.4 Å². The topological polar surface area (TPSA) is 90.5 Å². The Hall–Kier alpha value is -3.40. The maximum absolute atomic E-state index is 13.4. The molecule has 158 valence electrons. The lowest BCUT2D eigenvalue weighted by Gasteiger charge is -2.07. The van der Waals surface area contributed by atoms with Crippen LogP contribution in [-0.2, 0) is 19.5 Å². The lowest BCUT2D eigenvalue weighted by atomic mass is 10.2. The van der Waals surface area contributed by atoms with Gasteiger partial charge in [-0.1, -0.05) is 12.5 Å². The van der Waals surface area contributed by atoms with Crippen molar-refractivity contribution in [2.24, 2.45) is 0 Å². The number of rotatable bonds is 5. The van der Waals surface area contributed by atoms with E-state index in [1.165, 1.54) is 29.9 Å². The van der Waals surface area contributed by atoms with E-state index in [0.29, 0.717) is 11.5 Å². The molecule has 4 heterocycles. The van der Waals surface area contributed by atoms with Crippen molar-refractivity contribution < 1.29 is 9.18 Å². The summed E-state index contributed by atoms with van der Waals surface area (Å²) in [5, 5.41) is 17.7. The number of benzene rings is 1. The van der Waals surface area contributed by atoms with Gasteiger partial charge in [-0.3, -0.25) is 4.79 Å². The summed E-state index contributed by atoms with van der Waals surface area (Å²) in [5.74, 6) is 1.55. The van der Waals surface area contributed by atoms with Crippen LogP contribution in [0, 0.1) is 5.82 Å². The molecule has 31 heavy (non-hydrogen) atoms. The molecule has 0 aliphatic carbocycles. The largest absolute Gasteiger partial charge is 0.342 e. The molecule has 0 atom stereocenters. The van der Waals surface area contributed by atoms with Gasteiger partial charge in [0.25, 0.3) is 5.91 Å². The van der Waals surface area contributed by atoms with Crippen molar-refractivity contribution >= 4 is 17.2 Å². The van der Waals surface area contributed by atoms with Gasteiger partial charge < -0.3 is 9.88 Å². The average molecular weight is 438 g/mol. The number of hydrogen-bond acceptors (Lipinski definition) is 6. The Morgan fingerprint density at radius 1 is 1.13 bits per heavy atom. The van der Waals surface area contributed by atoms with Gasteiger partial charge in [-0.15, -0.1) is 26.6 Å². The predicted molar refractivity (Wildman–Crippen MR) is 113 cm³/mol. The summed E-state index contributed by atoms with van der Waals surface area (Å²) >= 11 is 1.49. The van der Waals surface area contributed by atoms with E-state index >= 15 is 0 Å². The molecule has 4 aromatic rings. The molecule has 0 bridgehead atoms. The molecule has 0 radical (unpaired) electrons. The highest BCUT2D eigenvalue weighted by Gasteiger charge is 2.21. The van der Waals surface area contributed by atoms with Gasteiger partial charge >= 0.3 is 0 Å². The number of halogens is 1. The van der Waals surface area contributed by atoms with Crippen molar-refractivity contribution in [2.75, 3.05) is 0 Å². The van der Waals surface area contributed by atoms with Crippen LogP contribution in [0.5, 0.6) is 0 Å². The Morgan fingerprint density at radius 2 is 2.00 bits per heavy atom. The molecule has 1 aromatic carbocycles. The van der Waals surface area contributed by atoms with Gasteiger partial charge in [0.2, 0.25) is 5.82 Å². The van der Waals surface area contributed by atoms with Gasteiger partial charge in [-0.25, -0.2) is 14.1 Å². The van der Waals surface area contributed by atoms with Crippen LogP contribution in [0.15, 0.2) is 41.8 Å². The van der Waals surface area contributed by atoms with Crippen molar-refractivity contribution in [2.45, 2.75) is 38.8 Å². The molecule has 0 fully saturated rings. The molecule has 0 saturated heterocycles. The fourth-order valence-electron chi connectivity index (χ4n) is 3.65. The molecule has 0 unspecified atom stereocenters. The second-order valence-electron chi connectivity index (χ2n) is 7.30. The van der Waals surface area contributed by atoms with E-state index < -0.39 is 5.91 Å². The Labute approximate surface area is 181 Å². The second kappa shape index (κ2) is 8.38. The Balaban J connectivity index is 1.40. The number of aryl methyl sites for hydroxylation is 1. The molecule has 8 nitrogen and oxygen atoms in total. The Kier molecular flexibility index (Phi) is 5.29. The SMILES string of the molecule is O=C(NCc1nnc2n1CCCCC2)c1nc(-c2cccs2)n(-c2ccc(F)cc2)n1. The maximum Gasteiger partial charge on any atom is 0.291 e. The lowest BCUT2D eigenvalue weighted by Crippen LogP contribution is -2.26. The number of amides is 1. The van der Waals surface area contributed by atoms with Crippen LogP contribution in [-0.4, -0.2) is 35.4 Å². The van der Waals surface area contributed by atoms with Crippen LogP contribution >= 0.6 is 11.3 Å². The van der Waals surface area contributed by atoms with E-state index in [9.17, 15) is 9.18 Å². The number of nitrogens with zero attached hydrogens (tertiary/aromatic N) is 6. The number of carbonyl (C=O) groups is 1. The van der Waals surface area contributed by atoms with Gasteiger partial charge in [0.15, 0.2) is 11.6 Å². The predicted octanol–water partition coefficient (Wildman–Crippen LogP) is 3.38. The molecule has 5 rings (SSSR count). The molecule has 0 saturated carbocycles. The average Bonchev–Trinajstić information content (AvgIpc) is 3.50. The monoisotopic (exact) mass is 437 g/mol. The maximum atomic E-state index is 13.4. The van der Waals surface area contributed by atoms with Crippen LogP contribution in [0.3, 0.4) is 0 Å². The van der Waals surface area contributed by atoms with Crippen molar-refractivity contribution in [1.82, 2.24) is 34.8 Å². The zero-order valence-electron chi connectivity index (χ0n) is 16.7. The summed E-state index contributed by atoms with van der Waals surface area (Å²) < 4.78 is 17.0. The Bertz CT molecular complexity index is 1200. The number of carbonyl (C=O) groups excluding carboxylic acids is 1. The van der Waals surface area contributed by atoms with Crippen LogP contribution in [0.4, 0.5) is 4.39 Å². The molecular weight excluding hydrogens is 417 g/mol. The normalized spacial score (nSPS) is 13.6. The van der Waals surface area contributed by atoms with Crippen molar-refractivity contribution in [1.29, 1.82) is 0 Å². The van der Waals surface area contributed by atoms with Crippen molar-refractivity contribution in [3.05, 3.63) is 65.1 Å². The first-order valence-electron chi connectivity index (χ1n) is 10.1. The summed E-state index contributed by atoms with van der Waals surface area (Å²) in [6, 6.07) is 9.72. The van der Waals surface area contributed by atoms with Crippen molar-refractivity contribution in [3.63, 3.8) is 0 Å². The molecule has 1 amide bonds. The molecule has 3 aromatic heterocycles. The third-order valence-electron chi connectivity index (χ3n) is 5.22. The van der Waals surface area contributed by atoms with E-state index in [1.54, 1.807) is 16.8 Å². The first-order valence-corrected chi connectivity index (χ1v) is 11.0. The molecule has 0 spiro atoms. The minimum atomic E-state index is -0.398. The Morgan fingerprint density at radius 3 is 2.81 bits per heavy atom. The number of hydrogen-bond donors (Lipinski definition) is 1. The summed E-state index contributed by atoms with van der Waals surface area (Å²) in [6.07, 6.45) is 4.28. The quantitative estimate of drug-likeness (QED) is 0.517. The minimum absolute atomic E-state index is 0.0448. The third-order valence-corrected chi connectivity index (χ3v) is 6.08. The first kappa shape index (κ1) is 19.6. The van der Waals surface area contributed by atoms with E-state index in [2.05, 4.69) is 30.2 Å². The van der Waals surface area contributed by atoms with E-state index in [0.717, 1.165) is 42.3 Å². The van der Waals surface area contributed by atoms with E-state index in [1.807, 2.05) is 17.5 Å². The lowest BCUT2D eigenvalue weighted by molar-refractivity contribution is 0.0939. The summed E-state index contributed by atoms with van der Waals surface area (Å²) in [5.41, 5.74) is 0.624. The molecule has 10 heteroatoms. The van der Waals surface area contributed by atoms with E-state index in [4.69, 9.17) is 0 Å². The highest BCUT2D eigenvalue weighted by atomic mass is 32.1. The fraction of sp³-hybridized carbons (Fsp3) is 0.286. The van der Waals surface area contributed by atoms with Crippen LogP contribution < -0.4 is 5.32 Å². The number of fused-ring (bicyclic) bond motifs is 1. The molecule has 1 N–H and O–H groups in total. The molecular formula is C21H20FN7OS. The summed E-state index contributed by atoms with van der Waals surface area (Å²) in [6.45, 7) is 1.12. The van der Waals surface area contributed by atoms with Gasteiger partial charge in [0, 0.05) is 13.0 Å². The summed E-state index contributed by atoms with van der Waals surface area (Å²) in [7, 11) is 0. The zero-order valence-corrected chi connectivity index (χ0v) is 17.5. The molecule has 1 aliphatic heterocycles. The van der Waals surface area contributed by atoms with Gasteiger partial charge in [-0.05, 0) is 48.6 Å². The number of nitrogens with one attached hydrogen (secondary N) is 1. The van der Waals surface area contributed by atoms with Crippen LogP contribution in [0.2, 0.25) is 0 Å². The summed E-state index contributed by atoms with van der Waals surface area (Å²) in [4.78, 5) is 18.2. The second-order valence-corrected chi connectivity index (χ2v) is 8.25. The number of thiophene rings is 1. The smallest absolute Gasteiger partial charge is 0.291 e. The molecule has 1 aliphatic rings. The van der Waals surface area contributed by atoms with Gasteiger partial charge in [0.05, 0.1) is 17.1 Å². The first-order chi connectivity index (χ1) is 15.2. The zero-order chi connectivity index (χ0) is 21.2. The van der Waals surface area contributed by atoms with E-state index in [-0.39, 0.29) is 18.2 Å². The minimum Gasteiger partial charge on any atom is -0.342 e. The highest BCUT2D eigenvalue weighted by molar-refractivity contribution is 7.13. The van der Waals surface area contributed by atoms with Gasteiger partial charge in [-0.2, -0.15) is 0 Å². The third kappa shape index (κ3) is 3.98. The standard InChI is InChI=1S/C21H20FN7OS/c22-14-7-9-15(10-8-14)29-20(16-5-4-12-31-16)24-19(27-29)21(30)23-13-18-26-25-17-6-2-1-3-11-28(17)18/h4-5,7-10,12H,1-3,6,11,13H2,(H,23,30). The fourth-order valence-corrected chi connectivity index (χ4v) is 4.35. The van der Waals surface area contributed by atoms with Crippen LogP contribution in [0.1, 0.15) is 41.5 Å². The number of aromatic nitrogens is 6. The van der Waals surface area contributed by atoms with Crippen LogP contribution in [0.25, 0.3) is 16.4 Å².